The van der Waals surface area contributed by atoms with Crippen molar-refractivity contribution in [3.05, 3.63) is 99.6 Å². The van der Waals surface area contributed by atoms with Crippen LogP contribution in [0.5, 0.6) is 0 Å². The largest absolute Gasteiger partial charge is 0.341 e. The molecule has 1 aliphatic heterocycles. The average Bonchev–Trinajstić information content (AvgIpc) is 3.02. The minimum atomic E-state index is -4.02. The summed E-state index contributed by atoms with van der Waals surface area (Å²) in [5.41, 5.74) is 2.94. The smallest absolute Gasteiger partial charge is 0.269 e. The van der Waals surface area contributed by atoms with Gasteiger partial charge in [-0.25, -0.2) is 12.7 Å². The highest BCUT2D eigenvalue weighted by molar-refractivity contribution is 7.90. The van der Waals surface area contributed by atoms with Gasteiger partial charge in [0.2, 0.25) is 0 Å². The standard InChI is InChI=1S/C26H25ClN2O4S/c1-4-17-9-11-18(12-10-17)24(20-7-5-6-8-22(20)27)28-25(30)19-13-14-21-23(15-19)34(32,33)29(16(2)3)26(21)31/h5-16,24H,4H2,1-3H3,(H,28,30). The van der Waals surface area contributed by atoms with E-state index in [-0.39, 0.29) is 16.0 Å². The van der Waals surface area contributed by atoms with E-state index in [1.807, 2.05) is 42.5 Å². The normalized spacial score (nSPS) is 15.3. The number of carbonyl (C=O) groups excluding carboxylic acids is 2. The van der Waals surface area contributed by atoms with Gasteiger partial charge in [-0.2, -0.15) is 0 Å². The highest BCUT2D eigenvalue weighted by Crippen LogP contribution is 2.33. The molecule has 0 spiro atoms. The molecule has 8 heteroatoms. The summed E-state index contributed by atoms with van der Waals surface area (Å²) in [6.45, 7) is 5.33. The minimum Gasteiger partial charge on any atom is -0.341 e. The van der Waals surface area contributed by atoms with Gasteiger partial charge in [-0.3, -0.25) is 9.59 Å². The average molecular weight is 497 g/mol. The Labute approximate surface area is 204 Å². The third-order valence-electron chi connectivity index (χ3n) is 5.89. The maximum atomic E-state index is 13.3. The molecule has 0 bridgehead atoms. The second-order valence-corrected chi connectivity index (χ2v) is 10.6. The van der Waals surface area contributed by atoms with Crippen LogP contribution < -0.4 is 5.32 Å². The summed E-state index contributed by atoms with van der Waals surface area (Å²) in [4.78, 5) is 25.7. The predicted molar refractivity (Wildman–Crippen MR) is 132 cm³/mol. The number of rotatable bonds is 6. The molecule has 2 amide bonds. The highest BCUT2D eigenvalue weighted by Gasteiger charge is 2.43. The fourth-order valence-corrected chi connectivity index (χ4v) is 6.15. The zero-order valence-corrected chi connectivity index (χ0v) is 20.7. The van der Waals surface area contributed by atoms with Gasteiger partial charge in [0, 0.05) is 16.6 Å². The number of aryl methyl sites for hydroxylation is 1. The van der Waals surface area contributed by atoms with Gasteiger partial charge in [-0.15, -0.1) is 0 Å². The number of hydrogen-bond acceptors (Lipinski definition) is 4. The molecule has 1 heterocycles. The Morgan fingerprint density at radius 2 is 1.71 bits per heavy atom. The van der Waals surface area contributed by atoms with Crippen LogP contribution in [0.25, 0.3) is 0 Å². The first kappa shape index (κ1) is 24.0. The van der Waals surface area contributed by atoms with Crippen LogP contribution in [-0.4, -0.2) is 30.6 Å². The van der Waals surface area contributed by atoms with Gasteiger partial charge >= 0.3 is 0 Å². The van der Waals surface area contributed by atoms with Gasteiger partial charge in [0.15, 0.2) is 0 Å². The van der Waals surface area contributed by atoms with E-state index in [0.29, 0.717) is 5.02 Å². The van der Waals surface area contributed by atoms with E-state index < -0.39 is 33.9 Å². The van der Waals surface area contributed by atoms with Crippen molar-refractivity contribution in [1.29, 1.82) is 0 Å². The summed E-state index contributed by atoms with van der Waals surface area (Å²) in [7, 11) is -4.02. The molecule has 0 aliphatic carbocycles. The van der Waals surface area contributed by atoms with Crippen LogP contribution in [-0.2, 0) is 16.4 Å². The predicted octanol–water partition coefficient (Wildman–Crippen LogP) is 4.97. The minimum absolute atomic E-state index is 0.0723. The van der Waals surface area contributed by atoms with Crippen LogP contribution in [0.4, 0.5) is 0 Å². The molecular formula is C26H25ClN2O4S. The number of sulfonamides is 1. The molecule has 0 saturated carbocycles. The van der Waals surface area contributed by atoms with E-state index in [2.05, 4.69) is 12.2 Å². The summed E-state index contributed by atoms with van der Waals surface area (Å²) in [6.07, 6.45) is 0.888. The van der Waals surface area contributed by atoms with E-state index in [1.54, 1.807) is 19.9 Å². The number of halogens is 1. The van der Waals surface area contributed by atoms with Crippen molar-refractivity contribution in [1.82, 2.24) is 9.62 Å². The van der Waals surface area contributed by atoms with Crippen LogP contribution in [0.3, 0.4) is 0 Å². The number of carbonyl (C=O) groups is 2. The Hall–Kier alpha value is -3.16. The lowest BCUT2D eigenvalue weighted by Crippen LogP contribution is -2.36. The molecule has 0 aromatic heterocycles. The first-order chi connectivity index (χ1) is 16.1. The number of nitrogens with one attached hydrogen (secondary N) is 1. The first-order valence-electron chi connectivity index (χ1n) is 11.0. The zero-order chi connectivity index (χ0) is 24.6. The van der Waals surface area contributed by atoms with Crippen molar-refractivity contribution < 1.29 is 18.0 Å². The molecule has 0 saturated heterocycles. The van der Waals surface area contributed by atoms with Gasteiger partial charge < -0.3 is 5.32 Å². The number of amides is 2. The first-order valence-corrected chi connectivity index (χ1v) is 12.8. The molecule has 1 N–H and O–H groups in total. The van der Waals surface area contributed by atoms with Crippen molar-refractivity contribution in [2.45, 2.75) is 44.2 Å². The molecule has 6 nitrogen and oxygen atoms in total. The maximum Gasteiger partial charge on any atom is 0.269 e. The van der Waals surface area contributed by atoms with Gasteiger partial charge in [-0.05, 0) is 61.2 Å². The number of nitrogens with zero attached hydrogens (tertiary/aromatic N) is 1. The van der Waals surface area contributed by atoms with Crippen molar-refractivity contribution in [2.24, 2.45) is 0 Å². The molecule has 34 heavy (non-hydrogen) atoms. The van der Waals surface area contributed by atoms with Crippen LogP contribution in [0, 0.1) is 0 Å². The molecule has 4 rings (SSSR count). The summed E-state index contributed by atoms with van der Waals surface area (Å²) < 4.78 is 26.7. The molecule has 0 fully saturated rings. The molecule has 3 aromatic carbocycles. The van der Waals surface area contributed by atoms with Crippen molar-refractivity contribution in [3.63, 3.8) is 0 Å². The molecule has 0 radical (unpaired) electrons. The van der Waals surface area contributed by atoms with E-state index in [1.165, 1.54) is 18.2 Å². The number of fused-ring (bicyclic) bond motifs is 1. The lowest BCUT2D eigenvalue weighted by atomic mass is 9.96. The molecule has 1 aliphatic rings. The molecule has 1 atom stereocenters. The van der Waals surface area contributed by atoms with Crippen LogP contribution in [0.15, 0.2) is 71.6 Å². The summed E-state index contributed by atoms with van der Waals surface area (Å²) in [6, 6.07) is 18.2. The Morgan fingerprint density at radius 1 is 1.03 bits per heavy atom. The third kappa shape index (κ3) is 4.21. The fourth-order valence-electron chi connectivity index (χ4n) is 4.11. The van der Waals surface area contributed by atoms with Gasteiger partial charge in [-0.1, -0.05) is 61.0 Å². The van der Waals surface area contributed by atoms with Crippen molar-refractivity contribution >= 4 is 33.4 Å². The molecule has 1 unspecified atom stereocenters. The van der Waals surface area contributed by atoms with E-state index in [4.69, 9.17) is 11.6 Å². The maximum absolute atomic E-state index is 13.3. The van der Waals surface area contributed by atoms with Gasteiger partial charge in [0.1, 0.15) is 4.90 Å². The second kappa shape index (κ2) is 9.24. The fraction of sp³-hybridized carbons (Fsp3) is 0.231. The van der Waals surface area contributed by atoms with E-state index in [0.717, 1.165) is 27.4 Å². The molecule has 3 aromatic rings. The monoisotopic (exact) mass is 496 g/mol. The SMILES string of the molecule is CCc1ccc(C(NC(=O)c2ccc3c(c2)S(=O)(=O)N(C(C)C)C3=O)c2ccccc2Cl)cc1. The Kier molecular flexibility index (Phi) is 6.51. The van der Waals surface area contributed by atoms with Crippen LogP contribution in [0.2, 0.25) is 5.02 Å². The topological polar surface area (TPSA) is 83.6 Å². The Bertz CT molecular complexity index is 1370. The molecule has 176 valence electrons. The Morgan fingerprint density at radius 3 is 2.32 bits per heavy atom. The summed E-state index contributed by atoms with van der Waals surface area (Å²) >= 11 is 6.46. The third-order valence-corrected chi connectivity index (χ3v) is 8.24. The lowest BCUT2D eigenvalue weighted by Gasteiger charge is -2.21. The number of hydrogen-bond donors (Lipinski definition) is 1. The highest BCUT2D eigenvalue weighted by atomic mass is 35.5. The molecular weight excluding hydrogens is 472 g/mol. The number of benzene rings is 3. The second-order valence-electron chi connectivity index (χ2n) is 8.43. The van der Waals surface area contributed by atoms with Gasteiger partial charge in [0.05, 0.1) is 11.6 Å². The van der Waals surface area contributed by atoms with Gasteiger partial charge in [0.25, 0.3) is 21.8 Å². The van der Waals surface area contributed by atoms with Crippen LogP contribution >= 0.6 is 11.6 Å². The summed E-state index contributed by atoms with van der Waals surface area (Å²) in [5, 5.41) is 3.49. The van der Waals surface area contributed by atoms with E-state index in [9.17, 15) is 18.0 Å². The zero-order valence-electron chi connectivity index (χ0n) is 19.1. The lowest BCUT2D eigenvalue weighted by molar-refractivity contribution is 0.0845. The van der Waals surface area contributed by atoms with E-state index >= 15 is 0 Å². The van der Waals surface area contributed by atoms with Crippen LogP contribution in [0.1, 0.15) is 64.2 Å². The van der Waals surface area contributed by atoms with Crippen molar-refractivity contribution in [3.8, 4) is 0 Å². The quantitative estimate of drug-likeness (QED) is 0.522. The summed E-state index contributed by atoms with van der Waals surface area (Å²) in [5.74, 6) is -1.06. The van der Waals surface area contributed by atoms with Crippen molar-refractivity contribution in [2.75, 3.05) is 0 Å². The Balaban J connectivity index is 1.72.